The van der Waals surface area contributed by atoms with Crippen molar-refractivity contribution in [3.05, 3.63) is 107 Å². The lowest BCUT2D eigenvalue weighted by Crippen LogP contribution is -2.29. The highest BCUT2D eigenvalue weighted by molar-refractivity contribution is 7.80. The smallest absolute Gasteiger partial charge is 0.174 e. The first-order valence-corrected chi connectivity index (χ1v) is 10.8. The van der Waals surface area contributed by atoms with Crippen molar-refractivity contribution in [2.24, 2.45) is 0 Å². The Balaban J connectivity index is 1.61. The third-order valence-electron chi connectivity index (χ3n) is 5.63. The zero-order valence-corrected chi connectivity index (χ0v) is 18.6. The number of rotatable bonds is 4. The van der Waals surface area contributed by atoms with Gasteiger partial charge in [0.05, 0.1) is 11.7 Å². The van der Waals surface area contributed by atoms with E-state index in [4.69, 9.17) is 16.6 Å². The Labute approximate surface area is 191 Å². The lowest BCUT2D eigenvalue weighted by molar-refractivity contribution is 0.439. The minimum atomic E-state index is -0.276. The van der Waals surface area contributed by atoms with E-state index >= 15 is 0 Å². The number of hydrogen-bond acceptors (Lipinski definition) is 3. The quantitative estimate of drug-likeness (QED) is 0.376. The van der Waals surface area contributed by atoms with Gasteiger partial charge in [-0.05, 0) is 97.9 Å². The largest absolute Gasteiger partial charge is 0.459 e. The Hall–Kier alpha value is -3.51. The molecule has 3 heterocycles. The van der Waals surface area contributed by atoms with Gasteiger partial charge in [-0.2, -0.15) is 0 Å². The van der Waals surface area contributed by atoms with E-state index in [0.717, 1.165) is 33.8 Å². The molecule has 0 spiro atoms. The van der Waals surface area contributed by atoms with Gasteiger partial charge in [-0.3, -0.25) is 4.98 Å². The minimum Gasteiger partial charge on any atom is -0.459 e. The Morgan fingerprint density at radius 2 is 1.72 bits per heavy atom. The molecule has 1 N–H and O–H groups in total. The van der Waals surface area contributed by atoms with Gasteiger partial charge in [-0.1, -0.05) is 12.1 Å². The number of benzene rings is 2. The Morgan fingerprint density at radius 1 is 0.969 bits per heavy atom. The van der Waals surface area contributed by atoms with Crippen LogP contribution in [0.5, 0.6) is 0 Å². The number of furan rings is 1. The Morgan fingerprint density at radius 3 is 2.41 bits per heavy atom. The van der Waals surface area contributed by atoms with Crippen LogP contribution in [-0.2, 0) is 0 Å². The fourth-order valence-electron chi connectivity index (χ4n) is 4.29. The highest BCUT2D eigenvalue weighted by Gasteiger charge is 2.42. The summed E-state index contributed by atoms with van der Waals surface area (Å²) in [6.45, 7) is 4.15. The molecular weight excluding hydrogens is 421 g/mol. The molecule has 1 aliphatic heterocycles. The molecule has 6 heteroatoms. The summed E-state index contributed by atoms with van der Waals surface area (Å²) in [7, 11) is 0. The molecule has 0 radical (unpaired) electrons. The summed E-state index contributed by atoms with van der Waals surface area (Å²) in [5, 5.41) is 4.07. The molecule has 1 aliphatic rings. The number of pyridine rings is 1. The van der Waals surface area contributed by atoms with Crippen molar-refractivity contribution in [1.29, 1.82) is 0 Å². The number of aromatic nitrogens is 1. The van der Waals surface area contributed by atoms with Crippen molar-refractivity contribution in [3.63, 3.8) is 0 Å². The van der Waals surface area contributed by atoms with E-state index in [1.807, 2.05) is 30.3 Å². The van der Waals surface area contributed by atoms with Crippen molar-refractivity contribution < 1.29 is 8.81 Å². The second-order valence-electron chi connectivity index (χ2n) is 8.05. The summed E-state index contributed by atoms with van der Waals surface area (Å²) in [6.07, 6.45) is 1.78. The third kappa shape index (κ3) is 3.78. The van der Waals surface area contributed by atoms with Crippen molar-refractivity contribution >= 4 is 23.0 Å². The van der Waals surface area contributed by atoms with Crippen LogP contribution in [0.2, 0.25) is 0 Å². The molecule has 2 atom stereocenters. The fraction of sp³-hybridized carbons (Fsp3) is 0.154. The zero-order chi connectivity index (χ0) is 22.2. The molecule has 0 bridgehead atoms. The Bertz CT molecular complexity index is 1250. The molecular formula is C26H22FN3OS. The van der Waals surface area contributed by atoms with E-state index in [2.05, 4.69) is 47.2 Å². The first-order chi connectivity index (χ1) is 15.5. The van der Waals surface area contributed by atoms with Gasteiger partial charge in [0, 0.05) is 17.4 Å². The van der Waals surface area contributed by atoms with Crippen LogP contribution in [0, 0.1) is 19.7 Å². The molecule has 4 nitrogen and oxygen atoms in total. The second-order valence-corrected chi connectivity index (χ2v) is 8.44. The van der Waals surface area contributed by atoms with Gasteiger partial charge in [0.15, 0.2) is 5.11 Å². The van der Waals surface area contributed by atoms with Crippen LogP contribution >= 0.6 is 12.2 Å². The number of nitrogens with zero attached hydrogens (tertiary/aromatic N) is 2. The summed E-state index contributed by atoms with van der Waals surface area (Å²) in [4.78, 5) is 6.68. The number of hydrogen-bond donors (Lipinski definition) is 1. The molecule has 0 aliphatic carbocycles. The molecule has 0 amide bonds. The maximum atomic E-state index is 13.4. The van der Waals surface area contributed by atoms with E-state index in [1.165, 1.54) is 12.1 Å². The first-order valence-electron chi connectivity index (χ1n) is 10.4. The SMILES string of the molecule is Cc1cc(C)cc(N2C(=S)N[C@@H](c3ccccn3)[C@H]2c2ccc(-c3ccc(F)cc3)o2)c1. The molecule has 0 unspecified atom stereocenters. The van der Waals surface area contributed by atoms with E-state index in [9.17, 15) is 4.39 Å². The number of aryl methyl sites for hydroxylation is 2. The number of halogens is 1. The molecule has 2 aromatic heterocycles. The van der Waals surface area contributed by atoms with E-state index in [1.54, 1.807) is 18.3 Å². The summed E-state index contributed by atoms with van der Waals surface area (Å²) in [5.74, 6) is 1.16. The second kappa shape index (κ2) is 8.20. The van der Waals surface area contributed by atoms with Crippen LogP contribution in [0.3, 0.4) is 0 Å². The fourth-order valence-corrected chi connectivity index (χ4v) is 4.64. The first kappa shape index (κ1) is 20.4. The average molecular weight is 444 g/mol. The van der Waals surface area contributed by atoms with Gasteiger partial charge in [0.25, 0.3) is 0 Å². The van der Waals surface area contributed by atoms with E-state index in [-0.39, 0.29) is 17.9 Å². The van der Waals surface area contributed by atoms with Crippen LogP contribution in [0.4, 0.5) is 10.1 Å². The lowest BCUT2D eigenvalue weighted by atomic mass is 10.0. The summed E-state index contributed by atoms with van der Waals surface area (Å²) in [6, 6.07) is 22.0. The van der Waals surface area contributed by atoms with Crippen molar-refractivity contribution in [2.45, 2.75) is 25.9 Å². The molecule has 4 aromatic rings. The van der Waals surface area contributed by atoms with Crippen LogP contribution < -0.4 is 10.2 Å². The highest BCUT2D eigenvalue weighted by atomic mass is 32.1. The van der Waals surface area contributed by atoms with Gasteiger partial charge in [-0.25, -0.2) is 4.39 Å². The third-order valence-corrected chi connectivity index (χ3v) is 5.94. The van der Waals surface area contributed by atoms with Gasteiger partial charge >= 0.3 is 0 Å². The predicted octanol–water partition coefficient (Wildman–Crippen LogP) is 6.27. The normalized spacial score (nSPS) is 18.1. The summed E-state index contributed by atoms with van der Waals surface area (Å²) in [5.41, 5.74) is 5.02. The van der Waals surface area contributed by atoms with Gasteiger partial charge < -0.3 is 14.6 Å². The molecule has 1 saturated heterocycles. The van der Waals surface area contributed by atoms with Gasteiger partial charge in [-0.15, -0.1) is 0 Å². The van der Waals surface area contributed by atoms with E-state index < -0.39 is 0 Å². The Kier molecular flexibility index (Phi) is 5.23. The average Bonchev–Trinajstić information content (AvgIpc) is 3.39. The molecule has 160 valence electrons. The van der Waals surface area contributed by atoms with Crippen LogP contribution in [0.1, 0.15) is 34.7 Å². The van der Waals surface area contributed by atoms with Crippen molar-refractivity contribution in [3.8, 4) is 11.3 Å². The molecule has 0 saturated carbocycles. The van der Waals surface area contributed by atoms with Gasteiger partial charge in [0.1, 0.15) is 23.4 Å². The summed E-state index contributed by atoms with van der Waals surface area (Å²) < 4.78 is 19.7. The number of anilines is 1. The summed E-state index contributed by atoms with van der Waals surface area (Å²) >= 11 is 5.78. The lowest BCUT2D eigenvalue weighted by Gasteiger charge is -2.26. The molecule has 1 fully saturated rings. The maximum Gasteiger partial charge on any atom is 0.174 e. The predicted molar refractivity (Wildman–Crippen MR) is 128 cm³/mol. The highest BCUT2D eigenvalue weighted by Crippen LogP contribution is 2.43. The van der Waals surface area contributed by atoms with Crippen LogP contribution in [-0.4, -0.2) is 10.1 Å². The number of thiocarbonyl (C=S) groups is 1. The van der Waals surface area contributed by atoms with Crippen LogP contribution in [0.25, 0.3) is 11.3 Å². The molecule has 5 rings (SSSR count). The monoisotopic (exact) mass is 443 g/mol. The van der Waals surface area contributed by atoms with Crippen molar-refractivity contribution in [1.82, 2.24) is 10.3 Å². The zero-order valence-electron chi connectivity index (χ0n) is 17.7. The topological polar surface area (TPSA) is 41.3 Å². The van der Waals surface area contributed by atoms with Crippen molar-refractivity contribution in [2.75, 3.05) is 4.90 Å². The minimum absolute atomic E-state index is 0.184. The van der Waals surface area contributed by atoms with E-state index in [0.29, 0.717) is 10.9 Å². The molecule has 2 aromatic carbocycles. The standard InChI is InChI=1S/C26H22FN3OS/c1-16-13-17(2)15-20(14-16)30-25(24(29-26(30)32)21-5-3-4-12-28-21)23-11-10-22(31-23)18-6-8-19(27)9-7-18/h3-15,24-25H,1-2H3,(H,29,32)/t24-,25+/m0/s1. The van der Waals surface area contributed by atoms with Gasteiger partial charge in [0.2, 0.25) is 0 Å². The van der Waals surface area contributed by atoms with Crippen LogP contribution in [0.15, 0.2) is 83.4 Å². The maximum absolute atomic E-state index is 13.4. The molecule has 32 heavy (non-hydrogen) atoms. The number of nitrogens with one attached hydrogen (secondary N) is 1.